The van der Waals surface area contributed by atoms with Crippen LogP contribution in [0.2, 0.25) is 0 Å². The molecule has 0 unspecified atom stereocenters. The zero-order valence-corrected chi connectivity index (χ0v) is 12.3. The van der Waals surface area contributed by atoms with Crippen LogP contribution in [0.4, 0.5) is 0 Å². The number of methoxy groups -OCH3 is 3. The lowest BCUT2D eigenvalue weighted by Gasteiger charge is -2.31. The maximum Gasteiger partial charge on any atom is 0.0887 e. The maximum absolute atomic E-state index is 5.08. The lowest BCUT2D eigenvalue weighted by molar-refractivity contribution is -0.00145. The molecule has 0 aromatic heterocycles. The summed E-state index contributed by atoms with van der Waals surface area (Å²) in [7, 11) is 6.86. The molecule has 0 saturated carbocycles. The van der Waals surface area contributed by atoms with Gasteiger partial charge in [0.2, 0.25) is 0 Å². The maximum atomic E-state index is 5.08. The van der Waals surface area contributed by atoms with Crippen LogP contribution >= 0.6 is 0 Å². The van der Waals surface area contributed by atoms with Gasteiger partial charge in [-0.25, -0.2) is 0 Å². The molecule has 0 radical (unpaired) electrons. The largest absolute Gasteiger partial charge is 0.383 e. The Morgan fingerprint density at radius 2 is 1.00 bits per heavy atom. The Kier molecular flexibility index (Phi) is 22.8. The summed E-state index contributed by atoms with van der Waals surface area (Å²) in [6, 6.07) is 0. The van der Waals surface area contributed by atoms with Crippen LogP contribution in [0.5, 0.6) is 0 Å². The molecule has 4 nitrogen and oxygen atoms in total. The fraction of sp³-hybridized carbons (Fsp3) is 1.00. The zero-order chi connectivity index (χ0) is 13.4. The minimum atomic E-state index is -0.224. The molecule has 0 aliphatic carbocycles. The Bertz CT molecular complexity index is 93.4. The molecular formula is C12H31NO3. The van der Waals surface area contributed by atoms with E-state index >= 15 is 0 Å². The quantitative estimate of drug-likeness (QED) is 0.734. The predicted octanol–water partition coefficient (Wildman–Crippen LogP) is 1.94. The fourth-order valence-electron chi connectivity index (χ4n) is 1.17. The third-order valence-electron chi connectivity index (χ3n) is 1.79. The number of nitrogens with one attached hydrogen (secondary N) is 1. The zero-order valence-electron chi connectivity index (χ0n) is 12.3. The molecule has 1 N–H and O–H groups in total. The van der Waals surface area contributed by atoms with Crippen molar-refractivity contribution >= 4 is 0 Å². The second kappa shape index (κ2) is 17.2. The summed E-state index contributed by atoms with van der Waals surface area (Å²) in [6.45, 7) is 9.72. The molecule has 16 heavy (non-hydrogen) atoms. The van der Waals surface area contributed by atoms with Gasteiger partial charge in [-0.05, 0) is 7.05 Å². The second-order valence-electron chi connectivity index (χ2n) is 2.83. The Balaban J connectivity index is -0.000000376. The van der Waals surface area contributed by atoms with Gasteiger partial charge >= 0.3 is 0 Å². The molecule has 4 heteroatoms. The lowest BCUT2D eigenvalue weighted by atomic mass is 10.0. The van der Waals surface area contributed by atoms with Gasteiger partial charge in [0.05, 0.1) is 25.4 Å². The highest BCUT2D eigenvalue weighted by Gasteiger charge is 2.28. The van der Waals surface area contributed by atoms with Crippen LogP contribution in [-0.4, -0.2) is 53.7 Å². The number of rotatable bonds is 7. The normalized spacial score (nSPS) is 9.75. The van der Waals surface area contributed by atoms with Gasteiger partial charge in [0.1, 0.15) is 0 Å². The topological polar surface area (TPSA) is 39.7 Å². The Morgan fingerprint density at radius 3 is 1.12 bits per heavy atom. The van der Waals surface area contributed by atoms with Crippen LogP contribution in [0.1, 0.15) is 27.7 Å². The Hall–Kier alpha value is -0.160. The molecule has 0 heterocycles. The predicted molar refractivity (Wildman–Crippen MR) is 70.1 cm³/mol. The summed E-state index contributed by atoms with van der Waals surface area (Å²) in [5.41, 5.74) is -0.224. The first-order valence-corrected chi connectivity index (χ1v) is 5.90. The molecule has 0 rings (SSSR count). The fourth-order valence-corrected chi connectivity index (χ4v) is 1.17. The van der Waals surface area contributed by atoms with Gasteiger partial charge in [0, 0.05) is 21.3 Å². The van der Waals surface area contributed by atoms with Crippen LogP contribution in [0.3, 0.4) is 0 Å². The smallest absolute Gasteiger partial charge is 0.0887 e. The summed E-state index contributed by atoms with van der Waals surface area (Å²) >= 11 is 0. The molecule has 0 atom stereocenters. The minimum Gasteiger partial charge on any atom is -0.383 e. The number of hydrogen-bond acceptors (Lipinski definition) is 4. The highest BCUT2D eigenvalue weighted by molar-refractivity contribution is 4.86. The van der Waals surface area contributed by atoms with E-state index in [1.807, 2.05) is 34.7 Å². The highest BCUT2D eigenvalue weighted by Crippen LogP contribution is 2.05. The van der Waals surface area contributed by atoms with Gasteiger partial charge in [-0.3, -0.25) is 0 Å². The van der Waals surface area contributed by atoms with E-state index in [4.69, 9.17) is 14.2 Å². The van der Waals surface area contributed by atoms with Crippen molar-refractivity contribution in [3.63, 3.8) is 0 Å². The molecule has 0 aromatic rings. The molecule has 0 aromatic carbocycles. The first kappa shape index (κ1) is 21.2. The van der Waals surface area contributed by atoms with Crippen LogP contribution in [0.25, 0.3) is 0 Å². The third-order valence-corrected chi connectivity index (χ3v) is 1.79. The standard InChI is InChI=1S/C8H19NO3.2C2H6/c1-9-8(5-10-2,6-11-3)7-12-4;2*1-2/h9H,5-7H2,1-4H3;2*1-2H3. The van der Waals surface area contributed by atoms with Crippen molar-refractivity contribution in [2.45, 2.75) is 33.2 Å². The van der Waals surface area contributed by atoms with Crippen molar-refractivity contribution in [1.29, 1.82) is 0 Å². The molecule has 102 valence electrons. The average Bonchev–Trinajstić information content (AvgIpc) is 2.35. The van der Waals surface area contributed by atoms with E-state index in [2.05, 4.69) is 5.32 Å². The molecule has 0 amide bonds. The van der Waals surface area contributed by atoms with Crippen molar-refractivity contribution in [3.8, 4) is 0 Å². The first-order chi connectivity index (χ1) is 7.74. The summed E-state index contributed by atoms with van der Waals surface area (Å²) < 4.78 is 15.2. The van der Waals surface area contributed by atoms with E-state index in [-0.39, 0.29) is 5.54 Å². The number of likely N-dealkylation sites (N-methyl/N-ethyl adjacent to an activating group) is 1. The van der Waals surface area contributed by atoms with Crippen LogP contribution < -0.4 is 5.32 Å². The van der Waals surface area contributed by atoms with Gasteiger partial charge in [-0.1, -0.05) is 27.7 Å². The van der Waals surface area contributed by atoms with E-state index in [0.29, 0.717) is 19.8 Å². The second-order valence-corrected chi connectivity index (χ2v) is 2.83. The van der Waals surface area contributed by atoms with E-state index in [1.54, 1.807) is 21.3 Å². The monoisotopic (exact) mass is 237 g/mol. The average molecular weight is 237 g/mol. The van der Waals surface area contributed by atoms with Gasteiger partial charge in [-0.15, -0.1) is 0 Å². The summed E-state index contributed by atoms with van der Waals surface area (Å²) in [5, 5.41) is 3.14. The molecule has 0 saturated heterocycles. The summed E-state index contributed by atoms with van der Waals surface area (Å²) in [4.78, 5) is 0. The molecule has 0 spiro atoms. The van der Waals surface area contributed by atoms with Gasteiger partial charge < -0.3 is 19.5 Å². The van der Waals surface area contributed by atoms with Crippen LogP contribution in [0, 0.1) is 0 Å². The summed E-state index contributed by atoms with van der Waals surface area (Å²) in [5.74, 6) is 0. The van der Waals surface area contributed by atoms with Crippen molar-refractivity contribution < 1.29 is 14.2 Å². The SMILES string of the molecule is CC.CC.CNC(COC)(COC)COC. The van der Waals surface area contributed by atoms with Crippen LogP contribution in [-0.2, 0) is 14.2 Å². The van der Waals surface area contributed by atoms with Crippen molar-refractivity contribution in [3.05, 3.63) is 0 Å². The van der Waals surface area contributed by atoms with Crippen LogP contribution in [0.15, 0.2) is 0 Å². The molecular weight excluding hydrogens is 206 g/mol. The van der Waals surface area contributed by atoms with Crippen molar-refractivity contribution in [2.75, 3.05) is 48.2 Å². The third kappa shape index (κ3) is 10.4. The lowest BCUT2D eigenvalue weighted by Crippen LogP contribution is -2.54. The first-order valence-electron chi connectivity index (χ1n) is 5.90. The highest BCUT2D eigenvalue weighted by atomic mass is 16.5. The number of ether oxygens (including phenoxy) is 3. The van der Waals surface area contributed by atoms with E-state index < -0.39 is 0 Å². The van der Waals surface area contributed by atoms with E-state index in [0.717, 1.165) is 0 Å². The molecule has 0 aliphatic rings. The van der Waals surface area contributed by atoms with Gasteiger partial charge in [0.15, 0.2) is 0 Å². The van der Waals surface area contributed by atoms with E-state index in [1.165, 1.54) is 0 Å². The Labute approximate surface area is 102 Å². The van der Waals surface area contributed by atoms with Gasteiger partial charge in [0.25, 0.3) is 0 Å². The summed E-state index contributed by atoms with van der Waals surface area (Å²) in [6.07, 6.45) is 0. The van der Waals surface area contributed by atoms with Crippen molar-refractivity contribution in [2.24, 2.45) is 0 Å². The Morgan fingerprint density at radius 1 is 0.750 bits per heavy atom. The number of hydrogen-bond donors (Lipinski definition) is 1. The molecule has 0 bridgehead atoms. The molecule has 0 aliphatic heterocycles. The minimum absolute atomic E-state index is 0.224. The van der Waals surface area contributed by atoms with Crippen molar-refractivity contribution in [1.82, 2.24) is 5.32 Å². The van der Waals surface area contributed by atoms with Gasteiger partial charge in [-0.2, -0.15) is 0 Å². The van der Waals surface area contributed by atoms with E-state index in [9.17, 15) is 0 Å². The molecule has 0 fully saturated rings.